The lowest BCUT2D eigenvalue weighted by Crippen LogP contribution is -2.30. The predicted octanol–water partition coefficient (Wildman–Crippen LogP) is 4.00. The number of anilines is 1. The molecule has 0 saturated carbocycles. The molecule has 3 rings (SSSR count). The van der Waals surface area contributed by atoms with Crippen LogP contribution >= 0.6 is 11.3 Å². The zero-order valence-electron chi connectivity index (χ0n) is 15.6. The summed E-state index contributed by atoms with van der Waals surface area (Å²) in [4.78, 5) is 27.5. The van der Waals surface area contributed by atoms with Gasteiger partial charge < -0.3 is 15.5 Å². The van der Waals surface area contributed by atoms with E-state index in [2.05, 4.69) is 15.5 Å². The fourth-order valence-corrected chi connectivity index (χ4v) is 3.89. The summed E-state index contributed by atoms with van der Waals surface area (Å²) in [6.07, 6.45) is 6.25. The van der Waals surface area contributed by atoms with Crippen molar-refractivity contribution in [3.63, 3.8) is 0 Å². The van der Waals surface area contributed by atoms with Gasteiger partial charge in [-0.2, -0.15) is 0 Å². The summed E-state index contributed by atoms with van der Waals surface area (Å²) in [6, 6.07) is 10.6. The van der Waals surface area contributed by atoms with Crippen molar-refractivity contribution in [3.05, 3.63) is 52.2 Å². The number of amides is 2. The van der Waals surface area contributed by atoms with Crippen LogP contribution in [-0.2, 0) is 0 Å². The molecule has 0 spiro atoms. The number of likely N-dealkylation sites (tertiary alicyclic amines) is 1. The van der Waals surface area contributed by atoms with E-state index in [4.69, 9.17) is 0 Å². The molecule has 0 radical (unpaired) electrons. The highest BCUT2D eigenvalue weighted by Crippen LogP contribution is 2.14. The number of hydrogen-bond acceptors (Lipinski definition) is 4. The molecule has 2 N–H and O–H groups in total. The van der Waals surface area contributed by atoms with Gasteiger partial charge in [-0.05, 0) is 74.6 Å². The maximum Gasteiger partial charge on any atom is 0.265 e. The van der Waals surface area contributed by atoms with Crippen molar-refractivity contribution >= 4 is 28.8 Å². The standard InChI is InChI=1S/C21H27N3O2S/c25-20(22-12-6-15-24-13-3-1-2-4-14-24)17-8-10-18(11-9-17)23-21(26)19-7-5-16-27-19/h5,7-11,16H,1-4,6,12-15H2,(H,22,25)(H,23,26). The Morgan fingerprint density at radius 2 is 1.70 bits per heavy atom. The molecule has 0 atom stereocenters. The number of nitrogens with one attached hydrogen (secondary N) is 2. The fourth-order valence-electron chi connectivity index (χ4n) is 3.27. The molecule has 1 aromatic carbocycles. The lowest BCUT2D eigenvalue weighted by atomic mass is 10.2. The molecule has 144 valence electrons. The Morgan fingerprint density at radius 1 is 0.963 bits per heavy atom. The van der Waals surface area contributed by atoms with E-state index in [0.29, 0.717) is 22.7 Å². The highest BCUT2D eigenvalue weighted by Gasteiger charge is 2.10. The Morgan fingerprint density at radius 3 is 2.37 bits per heavy atom. The van der Waals surface area contributed by atoms with Gasteiger partial charge in [0.05, 0.1) is 4.88 Å². The number of carbonyl (C=O) groups excluding carboxylic acids is 2. The van der Waals surface area contributed by atoms with E-state index in [1.807, 2.05) is 11.4 Å². The van der Waals surface area contributed by atoms with E-state index in [1.54, 1.807) is 30.3 Å². The van der Waals surface area contributed by atoms with Crippen molar-refractivity contribution in [2.24, 2.45) is 0 Å². The van der Waals surface area contributed by atoms with Crippen molar-refractivity contribution in [3.8, 4) is 0 Å². The molecule has 0 aliphatic carbocycles. The lowest BCUT2D eigenvalue weighted by Gasteiger charge is -2.19. The van der Waals surface area contributed by atoms with Gasteiger partial charge in [0.1, 0.15) is 0 Å². The summed E-state index contributed by atoms with van der Waals surface area (Å²) in [5, 5.41) is 7.69. The third-order valence-electron chi connectivity index (χ3n) is 4.79. The van der Waals surface area contributed by atoms with Gasteiger partial charge in [0.25, 0.3) is 11.8 Å². The van der Waals surface area contributed by atoms with Crippen LogP contribution in [0.4, 0.5) is 5.69 Å². The molecule has 6 heteroatoms. The van der Waals surface area contributed by atoms with E-state index in [1.165, 1.54) is 50.1 Å². The van der Waals surface area contributed by atoms with Crippen LogP contribution in [0.5, 0.6) is 0 Å². The van der Waals surface area contributed by atoms with Crippen molar-refractivity contribution in [1.82, 2.24) is 10.2 Å². The maximum atomic E-state index is 12.3. The Hall–Kier alpha value is -2.18. The van der Waals surface area contributed by atoms with Crippen LogP contribution in [0.15, 0.2) is 41.8 Å². The molecule has 1 aromatic heterocycles. The van der Waals surface area contributed by atoms with E-state index in [-0.39, 0.29) is 11.8 Å². The van der Waals surface area contributed by atoms with Gasteiger partial charge in [-0.3, -0.25) is 9.59 Å². The number of rotatable bonds is 7. The lowest BCUT2D eigenvalue weighted by molar-refractivity contribution is 0.0951. The van der Waals surface area contributed by atoms with E-state index in [0.717, 1.165) is 13.0 Å². The van der Waals surface area contributed by atoms with Gasteiger partial charge in [-0.1, -0.05) is 18.9 Å². The fraction of sp³-hybridized carbons (Fsp3) is 0.429. The van der Waals surface area contributed by atoms with Gasteiger partial charge in [0.2, 0.25) is 0 Å². The van der Waals surface area contributed by atoms with Crippen molar-refractivity contribution in [2.75, 3.05) is 31.5 Å². The van der Waals surface area contributed by atoms with Crippen LogP contribution in [0.25, 0.3) is 0 Å². The number of carbonyl (C=O) groups is 2. The molecule has 2 amide bonds. The van der Waals surface area contributed by atoms with Crippen LogP contribution in [-0.4, -0.2) is 42.9 Å². The Labute approximate surface area is 164 Å². The molecule has 5 nitrogen and oxygen atoms in total. The largest absolute Gasteiger partial charge is 0.352 e. The van der Waals surface area contributed by atoms with Gasteiger partial charge in [0.15, 0.2) is 0 Å². The molecule has 0 bridgehead atoms. The topological polar surface area (TPSA) is 61.4 Å². The predicted molar refractivity (Wildman–Crippen MR) is 111 cm³/mol. The van der Waals surface area contributed by atoms with Gasteiger partial charge in [-0.25, -0.2) is 0 Å². The zero-order valence-corrected chi connectivity index (χ0v) is 16.4. The summed E-state index contributed by atoms with van der Waals surface area (Å²) in [7, 11) is 0. The molecule has 1 aliphatic heterocycles. The zero-order chi connectivity index (χ0) is 18.9. The summed E-state index contributed by atoms with van der Waals surface area (Å²) < 4.78 is 0. The normalized spacial score (nSPS) is 15.1. The summed E-state index contributed by atoms with van der Waals surface area (Å²) in [6.45, 7) is 4.11. The third kappa shape index (κ3) is 6.19. The first-order valence-electron chi connectivity index (χ1n) is 9.68. The molecule has 1 aliphatic rings. The van der Waals surface area contributed by atoms with Crippen LogP contribution in [0.3, 0.4) is 0 Å². The monoisotopic (exact) mass is 385 g/mol. The molecule has 1 fully saturated rings. The Balaban J connectivity index is 1.40. The molecule has 27 heavy (non-hydrogen) atoms. The second-order valence-electron chi connectivity index (χ2n) is 6.87. The first-order valence-corrected chi connectivity index (χ1v) is 10.6. The van der Waals surface area contributed by atoms with Gasteiger partial charge >= 0.3 is 0 Å². The summed E-state index contributed by atoms with van der Waals surface area (Å²) in [5.41, 5.74) is 1.30. The highest BCUT2D eigenvalue weighted by molar-refractivity contribution is 7.12. The van der Waals surface area contributed by atoms with Crippen LogP contribution in [0.1, 0.15) is 52.1 Å². The summed E-state index contributed by atoms with van der Waals surface area (Å²) >= 11 is 1.40. The SMILES string of the molecule is O=C(NCCCN1CCCCCC1)c1ccc(NC(=O)c2cccs2)cc1. The highest BCUT2D eigenvalue weighted by atomic mass is 32.1. The number of nitrogens with zero attached hydrogens (tertiary/aromatic N) is 1. The molecule has 2 heterocycles. The van der Waals surface area contributed by atoms with Gasteiger partial charge in [-0.15, -0.1) is 11.3 Å². The smallest absolute Gasteiger partial charge is 0.265 e. The molecule has 0 unspecified atom stereocenters. The van der Waals surface area contributed by atoms with Gasteiger partial charge in [0, 0.05) is 17.8 Å². The van der Waals surface area contributed by atoms with E-state index < -0.39 is 0 Å². The minimum absolute atomic E-state index is 0.0676. The van der Waals surface area contributed by atoms with E-state index in [9.17, 15) is 9.59 Å². The molecule has 2 aromatic rings. The minimum atomic E-state index is -0.129. The number of thiophene rings is 1. The Bertz CT molecular complexity index is 720. The maximum absolute atomic E-state index is 12.3. The second kappa shape index (κ2) is 10.2. The quantitative estimate of drug-likeness (QED) is 0.708. The first-order chi connectivity index (χ1) is 13.2. The molecular formula is C21H27N3O2S. The number of hydrogen-bond donors (Lipinski definition) is 2. The minimum Gasteiger partial charge on any atom is -0.352 e. The third-order valence-corrected chi connectivity index (χ3v) is 5.65. The first kappa shape index (κ1) is 19.6. The van der Waals surface area contributed by atoms with Crippen LogP contribution in [0.2, 0.25) is 0 Å². The van der Waals surface area contributed by atoms with Crippen molar-refractivity contribution in [1.29, 1.82) is 0 Å². The molecule has 1 saturated heterocycles. The molecular weight excluding hydrogens is 358 g/mol. The van der Waals surface area contributed by atoms with Crippen molar-refractivity contribution in [2.45, 2.75) is 32.1 Å². The Kier molecular flexibility index (Phi) is 7.42. The number of benzene rings is 1. The van der Waals surface area contributed by atoms with E-state index >= 15 is 0 Å². The van der Waals surface area contributed by atoms with Crippen molar-refractivity contribution < 1.29 is 9.59 Å². The van der Waals surface area contributed by atoms with Crippen LogP contribution < -0.4 is 10.6 Å². The second-order valence-corrected chi connectivity index (χ2v) is 7.82. The average Bonchev–Trinajstić information content (AvgIpc) is 3.10. The summed E-state index contributed by atoms with van der Waals surface area (Å²) in [5.74, 6) is -0.197. The average molecular weight is 386 g/mol. The van der Waals surface area contributed by atoms with Crippen LogP contribution in [0, 0.1) is 0 Å².